The highest BCUT2D eigenvalue weighted by Gasteiger charge is 2.22. The van der Waals surface area contributed by atoms with E-state index < -0.39 is 6.10 Å². The van der Waals surface area contributed by atoms with Gasteiger partial charge in [0.2, 0.25) is 0 Å². The van der Waals surface area contributed by atoms with Gasteiger partial charge in [-0.3, -0.25) is 14.3 Å². The van der Waals surface area contributed by atoms with E-state index in [1.807, 2.05) is 72.8 Å². The van der Waals surface area contributed by atoms with E-state index in [1.165, 1.54) is 4.68 Å². The minimum atomic E-state index is -0.768. The Bertz CT molecular complexity index is 1270. The molecule has 6 nitrogen and oxygen atoms in total. The maximum atomic E-state index is 13.0. The third kappa shape index (κ3) is 3.59. The maximum Gasteiger partial charge on any atom is 0.295 e. The molecule has 0 aliphatic rings. The molecule has 4 rings (SSSR count). The van der Waals surface area contributed by atoms with E-state index >= 15 is 0 Å². The molecule has 0 saturated heterocycles. The molecule has 1 heterocycles. The highest BCUT2D eigenvalue weighted by Crippen LogP contribution is 2.22. The minimum absolute atomic E-state index is 0.250. The molecule has 1 amide bonds. The number of fused-ring (bicyclic) bond motifs is 1. The van der Waals surface area contributed by atoms with Crippen molar-refractivity contribution in [1.29, 1.82) is 0 Å². The highest BCUT2D eigenvalue weighted by molar-refractivity contribution is 5.94. The summed E-state index contributed by atoms with van der Waals surface area (Å²) in [6.45, 7) is 3.46. The zero-order valence-corrected chi connectivity index (χ0v) is 17.1. The number of carbonyl (C=O) groups is 1. The Labute approximate surface area is 174 Å². The molecule has 0 aliphatic carbocycles. The second-order valence-corrected chi connectivity index (χ2v) is 7.19. The number of anilines is 1. The summed E-state index contributed by atoms with van der Waals surface area (Å²) >= 11 is 0. The molecule has 0 radical (unpaired) electrons. The number of ether oxygens (including phenoxy) is 1. The Morgan fingerprint density at radius 1 is 0.967 bits per heavy atom. The number of aromatic nitrogens is 2. The Balaban J connectivity index is 1.55. The number of hydrogen-bond donors (Lipinski definition) is 1. The van der Waals surface area contributed by atoms with Crippen molar-refractivity contribution in [3.8, 4) is 11.4 Å². The van der Waals surface area contributed by atoms with Gasteiger partial charge in [-0.15, -0.1) is 0 Å². The SMILES string of the molecule is Cc1c(NC(=O)[C@H](C)Oc2ccc3ccccc3c2)c(=O)n(-c2ccccc2)n1C. The number of amides is 1. The Kier molecular flexibility index (Phi) is 5.14. The molecule has 0 fully saturated rings. The predicted octanol–water partition coefficient (Wildman–Crippen LogP) is 4.04. The van der Waals surface area contributed by atoms with Crippen LogP contribution < -0.4 is 15.6 Å². The monoisotopic (exact) mass is 401 g/mol. The van der Waals surface area contributed by atoms with Crippen molar-refractivity contribution in [2.45, 2.75) is 20.0 Å². The van der Waals surface area contributed by atoms with E-state index in [0.29, 0.717) is 11.4 Å². The Morgan fingerprint density at radius 2 is 1.63 bits per heavy atom. The number of hydrogen-bond acceptors (Lipinski definition) is 3. The molecule has 0 aliphatic heterocycles. The van der Waals surface area contributed by atoms with Gasteiger partial charge in [0.1, 0.15) is 11.4 Å². The molecule has 1 aromatic heterocycles. The largest absolute Gasteiger partial charge is 0.481 e. The van der Waals surface area contributed by atoms with Gasteiger partial charge in [0, 0.05) is 7.05 Å². The number of benzene rings is 3. The molecule has 0 spiro atoms. The molecule has 3 aromatic carbocycles. The van der Waals surface area contributed by atoms with Gasteiger partial charge in [-0.2, -0.15) is 0 Å². The topological polar surface area (TPSA) is 65.3 Å². The molecule has 0 saturated carbocycles. The van der Waals surface area contributed by atoms with Gasteiger partial charge in [-0.05, 0) is 48.9 Å². The summed E-state index contributed by atoms with van der Waals surface area (Å²) in [5, 5.41) is 4.88. The minimum Gasteiger partial charge on any atom is -0.481 e. The van der Waals surface area contributed by atoms with E-state index in [2.05, 4.69) is 5.32 Å². The molecule has 0 unspecified atom stereocenters. The zero-order valence-electron chi connectivity index (χ0n) is 17.1. The summed E-state index contributed by atoms with van der Waals surface area (Å²) in [6.07, 6.45) is -0.768. The molecule has 30 heavy (non-hydrogen) atoms. The van der Waals surface area contributed by atoms with Crippen LogP contribution in [0.25, 0.3) is 16.5 Å². The van der Waals surface area contributed by atoms with Crippen LogP contribution in [-0.2, 0) is 11.8 Å². The van der Waals surface area contributed by atoms with Crippen LogP contribution in [0.1, 0.15) is 12.6 Å². The van der Waals surface area contributed by atoms with Crippen LogP contribution in [0.4, 0.5) is 5.69 Å². The van der Waals surface area contributed by atoms with Crippen molar-refractivity contribution in [3.63, 3.8) is 0 Å². The molecule has 1 N–H and O–H groups in total. The molecule has 152 valence electrons. The number of nitrogens with one attached hydrogen (secondary N) is 1. The fourth-order valence-electron chi connectivity index (χ4n) is 3.44. The number of rotatable bonds is 5. The summed E-state index contributed by atoms with van der Waals surface area (Å²) in [4.78, 5) is 25.7. The van der Waals surface area contributed by atoms with Gasteiger partial charge >= 0.3 is 0 Å². The van der Waals surface area contributed by atoms with Gasteiger partial charge in [0.25, 0.3) is 11.5 Å². The summed E-state index contributed by atoms with van der Waals surface area (Å²) in [5.41, 5.74) is 1.36. The first-order chi connectivity index (χ1) is 14.5. The number of nitrogens with zero attached hydrogens (tertiary/aromatic N) is 2. The first-order valence-electron chi connectivity index (χ1n) is 9.76. The average Bonchev–Trinajstić information content (AvgIpc) is 2.97. The van der Waals surface area contributed by atoms with Crippen molar-refractivity contribution in [2.24, 2.45) is 7.05 Å². The summed E-state index contributed by atoms with van der Waals surface area (Å²) in [5.74, 6) is 0.219. The van der Waals surface area contributed by atoms with Gasteiger partial charge in [0.05, 0.1) is 11.4 Å². The molecule has 4 aromatic rings. The maximum absolute atomic E-state index is 13.0. The van der Waals surface area contributed by atoms with Crippen molar-refractivity contribution in [2.75, 3.05) is 5.32 Å². The standard InChI is InChI=1S/C24H23N3O3/c1-16-22(24(29)27(26(16)3)20-11-5-4-6-12-20)25-23(28)17(2)30-21-14-13-18-9-7-8-10-19(18)15-21/h4-15,17H,1-3H3,(H,25,28)/t17-/m0/s1. The van der Waals surface area contributed by atoms with E-state index in [-0.39, 0.29) is 17.2 Å². The Morgan fingerprint density at radius 3 is 2.37 bits per heavy atom. The van der Waals surface area contributed by atoms with Crippen molar-refractivity contribution in [3.05, 3.63) is 88.8 Å². The van der Waals surface area contributed by atoms with E-state index in [4.69, 9.17) is 4.74 Å². The van der Waals surface area contributed by atoms with E-state index in [9.17, 15) is 9.59 Å². The summed E-state index contributed by atoms with van der Waals surface area (Å²) < 4.78 is 9.08. The fourth-order valence-corrected chi connectivity index (χ4v) is 3.44. The third-order valence-corrected chi connectivity index (χ3v) is 5.21. The fraction of sp³-hybridized carbons (Fsp3) is 0.167. The second-order valence-electron chi connectivity index (χ2n) is 7.19. The van der Waals surface area contributed by atoms with E-state index in [1.54, 1.807) is 25.6 Å². The lowest BCUT2D eigenvalue weighted by molar-refractivity contribution is -0.122. The lowest BCUT2D eigenvalue weighted by atomic mass is 10.1. The first kappa shape index (κ1) is 19.5. The van der Waals surface area contributed by atoms with Crippen LogP contribution in [-0.4, -0.2) is 21.4 Å². The third-order valence-electron chi connectivity index (χ3n) is 5.21. The van der Waals surface area contributed by atoms with Crippen molar-refractivity contribution >= 4 is 22.4 Å². The van der Waals surface area contributed by atoms with Gasteiger partial charge in [0.15, 0.2) is 6.10 Å². The smallest absolute Gasteiger partial charge is 0.295 e. The molecule has 6 heteroatoms. The van der Waals surface area contributed by atoms with Crippen molar-refractivity contribution in [1.82, 2.24) is 9.36 Å². The highest BCUT2D eigenvalue weighted by atomic mass is 16.5. The van der Waals surface area contributed by atoms with Crippen LogP contribution in [0.3, 0.4) is 0 Å². The van der Waals surface area contributed by atoms with Crippen LogP contribution in [0.2, 0.25) is 0 Å². The van der Waals surface area contributed by atoms with Crippen LogP contribution >= 0.6 is 0 Å². The lowest BCUT2D eigenvalue weighted by Crippen LogP contribution is -2.32. The average molecular weight is 401 g/mol. The second kappa shape index (κ2) is 7.91. The van der Waals surface area contributed by atoms with Crippen LogP contribution in [0.15, 0.2) is 77.6 Å². The quantitative estimate of drug-likeness (QED) is 0.549. The first-order valence-corrected chi connectivity index (χ1v) is 9.76. The van der Waals surface area contributed by atoms with E-state index in [0.717, 1.165) is 16.5 Å². The van der Waals surface area contributed by atoms with Crippen LogP contribution in [0, 0.1) is 6.92 Å². The molecular weight excluding hydrogens is 378 g/mol. The van der Waals surface area contributed by atoms with Gasteiger partial charge < -0.3 is 10.1 Å². The Hall–Kier alpha value is -3.80. The molecule has 0 bridgehead atoms. The van der Waals surface area contributed by atoms with Crippen molar-refractivity contribution < 1.29 is 9.53 Å². The number of carbonyl (C=O) groups excluding carboxylic acids is 1. The predicted molar refractivity (Wildman–Crippen MR) is 118 cm³/mol. The summed E-state index contributed by atoms with van der Waals surface area (Å²) in [6, 6.07) is 22.9. The zero-order chi connectivity index (χ0) is 21.3. The van der Waals surface area contributed by atoms with Crippen LogP contribution in [0.5, 0.6) is 5.75 Å². The van der Waals surface area contributed by atoms with Gasteiger partial charge in [-0.1, -0.05) is 48.5 Å². The summed E-state index contributed by atoms with van der Waals surface area (Å²) in [7, 11) is 1.79. The number of para-hydroxylation sites is 1. The normalized spacial score (nSPS) is 12.0. The molecule has 1 atom stereocenters. The lowest BCUT2D eigenvalue weighted by Gasteiger charge is -2.14. The van der Waals surface area contributed by atoms with Gasteiger partial charge in [-0.25, -0.2) is 4.68 Å². The molecular formula is C24H23N3O3.